The second-order valence-electron chi connectivity index (χ2n) is 8.18. The van der Waals surface area contributed by atoms with Gasteiger partial charge in [-0.2, -0.15) is 0 Å². The van der Waals surface area contributed by atoms with Crippen molar-refractivity contribution in [3.63, 3.8) is 0 Å². The van der Waals surface area contributed by atoms with Gasteiger partial charge >= 0.3 is 0 Å². The second kappa shape index (κ2) is 8.44. The van der Waals surface area contributed by atoms with Gasteiger partial charge in [0.1, 0.15) is 6.04 Å². The first-order chi connectivity index (χ1) is 14.8. The zero-order chi connectivity index (χ0) is 22.1. The molecule has 3 aliphatic heterocycles. The van der Waals surface area contributed by atoms with Gasteiger partial charge in [-0.15, -0.1) is 0 Å². The summed E-state index contributed by atoms with van der Waals surface area (Å²) in [5, 5.41) is 2.74. The predicted molar refractivity (Wildman–Crippen MR) is 109 cm³/mol. The lowest BCUT2D eigenvalue weighted by Gasteiger charge is -2.32. The minimum atomic E-state index is -0.715. The maximum Gasteiger partial charge on any atom is 0.244 e. The third-order valence-electron chi connectivity index (χ3n) is 6.10. The Kier molecular flexibility index (Phi) is 5.71. The number of primary amides is 1. The van der Waals surface area contributed by atoms with Gasteiger partial charge in [0, 0.05) is 43.7 Å². The highest BCUT2D eigenvalue weighted by atomic mass is 16.7. The monoisotopic (exact) mass is 430 g/mol. The fourth-order valence-electron chi connectivity index (χ4n) is 4.24. The van der Waals surface area contributed by atoms with Crippen molar-refractivity contribution >= 4 is 29.3 Å². The first-order valence-electron chi connectivity index (χ1n) is 10.4. The smallest absolute Gasteiger partial charge is 0.244 e. The molecule has 31 heavy (non-hydrogen) atoms. The Morgan fingerprint density at radius 2 is 1.84 bits per heavy atom. The zero-order valence-electron chi connectivity index (χ0n) is 17.3. The van der Waals surface area contributed by atoms with E-state index in [9.17, 15) is 19.2 Å². The van der Waals surface area contributed by atoms with Crippen molar-refractivity contribution in [2.45, 2.75) is 32.2 Å². The van der Waals surface area contributed by atoms with Crippen molar-refractivity contribution in [2.75, 3.05) is 31.3 Å². The summed E-state index contributed by atoms with van der Waals surface area (Å²) >= 11 is 0. The van der Waals surface area contributed by atoms with Crippen molar-refractivity contribution in [1.29, 1.82) is 0 Å². The van der Waals surface area contributed by atoms with E-state index < -0.39 is 12.0 Å². The Balaban J connectivity index is 1.32. The van der Waals surface area contributed by atoms with Crippen LogP contribution in [0.5, 0.6) is 11.5 Å². The topological polar surface area (TPSA) is 131 Å². The van der Waals surface area contributed by atoms with Crippen LogP contribution >= 0.6 is 0 Å². The SMILES string of the molecule is CC(NC(=O)C1CC(=O)N(c2ccc3c(c2)OCO3)C1)C(=O)N1CCC(C(N)=O)CC1. The summed E-state index contributed by atoms with van der Waals surface area (Å²) in [5.74, 6) is -0.598. The van der Waals surface area contributed by atoms with Gasteiger partial charge in [0.05, 0.1) is 5.92 Å². The number of rotatable bonds is 5. The van der Waals surface area contributed by atoms with Crippen molar-refractivity contribution in [1.82, 2.24) is 10.2 Å². The molecule has 2 fully saturated rings. The van der Waals surface area contributed by atoms with Gasteiger partial charge in [0.25, 0.3) is 0 Å². The van der Waals surface area contributed by atoms with E-state index in [0.29, 0.717) is 43.1 Å². The van der Waals surface area contributed by atoms with Crippen LogP contribution in [0.3, 0.4) is 0 Å². The van der Waals surface area contributed by atoms with Crippen LogP contribution in [0.1, 0.15) is 26.2 Å². The van der Waals surface area contributed by atoms with Crippen molar-refractivity contribution in [2.24, 2.45) is 17.6 Å². The van der Waals surface area contributed by atoms with Crippen LogP contribution in [0.15, 0.2) is 18.2 Å². The fraction of sp³-hybridized carbons (Fsp3) is 0.524. The van der Waals surface area contributed by atoms with Crippen molar-refractivity contribution in [3.05, 3.63) is 18.2 Å². The summed E-state index contributed by atoms with van der Waals surface area (Å²) < 4.78 is 10.6. The highest BCUT2D eigenvalue weighted by Gasteiger charge is 2.37. The molecule has 1 aromatic carbocycles. The molecule has 3 aliphatic rings. The lowest BCUT2D eigenvalue weighted by molar-refractivity contribution is -0.139. The van der Waals surface area contributed by atoms with E-state index in [2.05, 4.69) is 5.32 Å². The number of carbonyl (C=O) groups is 4. The molecule has 3 heterocycles. The molecule has 1 aromatic rings. The second-order valence-corrected chi connectivity index (χ2v) is 8.18. The molecule has 3 N–H and O–H groups in total. The summed E-state index contributed by atoms with van der Waals surface area (Å²) in [4.78, 5) is 52.4. The Bertz CT molecular complexity index is 911. The molecule has 0 bridgehead atoms. The number of hydrogen-bond donors (Lipinski definition) is 2. The number of nitrogens with zero attached hydrogens (tertiary/aromatic N) is 2. The summed E-state index contributed by atoms with van der Waals surface area (Å²) in [5.41, 5.74) is 5.98. The van der Waals surface area contributed by atoms with Gasteiger partial charge in [-0.3, -0.25) is 19.2 Å². The van der Waals surface area contributed by atoms with E-state index in [1.165, 1.54) is 0 Å². The molecule has 2 atom stereocenters. The molecule has 2 unspecified atom stereocenters. The van der Waals surface area contributed by atoms with E-state index in [1.54, 1.807) is 34.9 Å². The normalized spacial score (nSPS) is 21.8. The van der Waals surface area contributed by atoms with Crippen LogP contribution in [0, 0.1) is 11.8 Å². The van der Waals surface area contributed by atoms with Crippen LogP contribution < -0.4 is 25.4 Å². The predicted octanol–water partition coefficient (Wildman–Crippen LogP) is -0.00320. The third kappa shape index (κ3) is 4.28. The van der Waals surface area contributed by atoms with Gasteiger partial charge in [0.2, 0.25) is 30.4 Å². The van der Waals surface area contributed by atoms with E-state index in [0.717, 1.165) is 0 Å². The minimum Gasteiger partial charge on any atom is -0.454 e. The number of ether oxygens (including phenoxy) is 2. The highest BCUT2D eigenvalue weighted by molar-refractivity contribution is 6.01. The average molecular weight is 430 g/mol. The van der Waals surface area contributed by atoms with Gasteiger partial charge in [-0.05, 0) is 31.9 Å². The quantitative estimate of drug-likeness (QED) is 0.676. The largest absolute Gasteiger partial charge is 0.454 e. The summed E-state index contributed by atoms with van der Waals surface area (Å²) in [6.07, 6.45) is 1.14. The summed E-state index contributed by atoms with van der Waals surface area (Å²) in [6.45, 7) is 2.88. The number of fused-ring (bicyclic) bond motifs is 1. The van der Waals surface area contributed by atoms with Crippen LogP contribution in [0.25, 0.3) is 0 Å². The van der Waals surface area contributed by atoms with Crippen LogP contribution in [-0.2, 0) is 19.2 Å². The molecule has 0 saturated carbocycles. The van der Waals surface area contributed by atoms with E-state index in [4.69, 9.17) is 15.2 Å². The van der Waals surface area contributed by atoms with E-state index in [1.807, 2.05) is 0 Å². The third-order valence-corrected chi connectivity index (χ3v) is 6.10. The number of piperidine rings is 1. The molecular formula is C21H26N4O6. The van der Waals surface area contributed by atoms with E-state index >= 15 is 0 Å². The number of amides is 4. The standard InChI is InChI=1S/C21H26N4O6/c1-12(21(29)24-6-4-13(5-7-24)19(22)27)23-20(28)14-8-18(26)25(10-14)15-2-3-16-17(9-15)31-11-30-16/h2-3,9,12-14H,4-8,10-11H2,1H3,(H2,22,27)(H,23,28). The molecule has 0 aromatic heterocycles. The van der Waals surface area contributed by atoms with Gasteiger partial charge < -0.3 is 30.3 Å². The summed E-state index contributed by atoms with van der Waals surface area (Å²) in [6, 6.07) is 4.50. The highest BCUT2D eigenvalue weighted by Crippen LogP contribution is 2.37. The molecule has 2 saturated heterocycles. The Labute approximate surface area is 179 Å². The van der Waals surface area contributed by atoms with Crippen LogP contribution in [-0.4, -0.2) is 61.0 Å². The summed E-state index contributed by atoms with van der Waals surface area (Å²) in [7, 11) is 0. The maximum atomic E-state index is 12.7. The van der Waals surface area contributed by atoms with Gasteiger partial charge in [0.15, 0.2) is 11.5 Å². The molecule has 10 nitrogen and oxygen atoms in total. The van der Waals surface area contributed by atoms with Crippen molar-refractivity contribution in [3.8, 4) is 11.5 Å². The molecule has 0 aliphatic carbocycles. The molecular weight excluding hydrogens is 404 g/mol. The fourth-order valence-corrected chi connectivity index (χ4v) is 4.24. The molecule has 10 heteroatoms. The number of benzene rings is 1. The van der Waals surface area contributed by atoms with Crippen LogP contribution in [0.2, 0.25) is 0 Å². The molecule has 4 amide bonds. The maximum absolute atomic E-state index is 12.7. The van der Waals surface area contributed by atoms with Crippen molar-refractivity contribution < 1.29 is 28.7 Å². The number of nitrogens with one attached hydrogen (secondary N) is 1. The zero-order valence-corrected chi connectivity index (χ0v) is 17.3. The molecule has 4 rings (SSSR count). The Morgan fingerprint density at radius 3 is 2.55 bits per heavy atom. The van der Waals surface area contributed by atoms with Crippen LogP contribution in [0.4, 0.5) is 5.69 Å². The number of likely N-dealkylation sites (tertiary alicyclic amines) is 1. The molecule has 0 spiro atoms. The lowest BCUT2D eigenvalue weighted by Crippen LogP contribution is -2.51. The first kappa shape index (κ1) is 21.0. The Morgan fingerprint density at radius 1 is 1.13 bits per heavy atom. The van der Waals surface area contributed by atoms with Gasteiger partial charge in [-0.25, -0.2) is 0 Å². The number of hydrogen-bond acceptors (Lipinski definition) is 6. The average Bonchev–Trinajstić information content (AvgIpc) is 3.39. The number of nitrogens with two attached hydrogens (primary N) is 1. The lowest BCUT2D eigenvalue weighted by atomic mass is 9.96. The minimum absolute atomic E-state index is 0.0746. The molecule has 166 valence electrons. The van der Waals surface area contributed by atoms with Gasteiger partial charge in [-0.1, -0.05) is 0 Å². The Hall–Kier alpha value is -3.30. The number of anilines is 1. The van der Waals surface area contributed by atoms with E-state index in [-0.39, 0.29) is 49.3 Å². The molecule has 0 radical (unpaired) electrons. The number of carbonyl (C=O) groups excluding carboxylic acids is 4. The first-order valence-corrected chi connectivity index (χ1v) is 10.4.